The van der Waals surface area contributed by atoms with E-state index in [0.29, 0.717) is 5.92 Å². The SMILES string of the molecule is COC(C(=O)NCC1C2CN(Cc3ccccc3)CC12)(c1ccccc1)C1CCCC1. The summed E-state index contributed by atoms with van der Waals surface area (Å²) in [5.74, 6) is 2.37. The zero-order valence-corrected chi connectivity index (χ0v) is 18.5. The molecule has 1 saturated heterocycles. The van der Waals surface area contributed by atoms with E-state index in [1.807, 2.05) is 18.2 Å². The van der Waals surface area contributed by atoms with E-state index in [2.05, 4.69) is 52.7 Å². The van der Waals surface area contributed by atoms with Crippen molar-refractivity contribution in [1.82, 2.24) is 10.2 Å². The fourth-order valence-electron chi connectivity index (χ4n) is 6.30. The smallest absolute Gasteiger partial charge is 0.257 e. The number of hydrogen-bond donors (Lipinski definition) is 1. The maximum Gasteiger partial charge on any atom is 0.257 e. The molecular weight excluding hydrogens is 384 g/mol. The van der Waals surface area contributed by atoms with Crippen molar-refractivity contribution < 1.29 is 9.53 Å². The highest BCUT2D eigenvalue weighted by Crippen LogP contribution is 2.52. The van der Waals surface area contributed by atoms with Crippen LogP contribution in [0.3, 0.4) is 0 Å². The standard InChI is InChI=1S/C27H34N2O2/c1-31-27(22-14-8-9-15-22,21-12-6-3-7-13-21)26(30)28-16-23-24-18-29(19-25(23)24)17-20-10-4-2-5-11-20/h2-7,10-13,22-25H,8-9,14-19H2,1H3,(H,28,30). The summed E-state index contributed by atoms with van der Waals surface area (Å²) in [6, 6.07) is 20.8. The summed E-state index contributed by atoms with van der Waals surface area (Å²) < 4.78 is 6.08. The van der Waals surface area contributed by atoms with Crippen LogP contribution < -0.4 is 5.32 Å². The largest absolute Gasteiger partial charge is 0.363 e. The van der Waals surface area contributed by atoms with E-state index in [1.165, 1.54) is 18.4 Å². The first-order chi connectivity index (χ1) is 15.2. The number of carbonyl (C=O) groups is 1. The molecule has 2 aromatic rings. The van der Waals surface area contributed by atoms with Crippen LogP contribution in [0.4, 0.5) is 0 Å². The van der Waals surface area contributed by atoms with Crippen molar-refractivity contribution in [1.29, 1.82) is 0 Å². The molecule has 0 aromatic heterocycles. The Bertz CT molecular complexity index is 869. The quantitative estimate of drug-likeness (QED) is 0.698. The van der Waals surface area contributed by atoms with Crippen molar-refractivity contribution >= 4 is 5.91 Å². The van der Waals surface area contributed by atoms with Gasteiger partial charge in [0.05, 0.1) is 0 Å². The Balaban J connectivity index is 1.20. The second-order valence-electron chi connectivity index (χ2n) is 9.67. The Morgan fingerprint density at radius 1 is 1.00 bits per heavy atom. The van der Waals surface area contributed by atoms with Crippen LogP contribution in [0.2, 0.25) is 0 Å². The Morgan fingerprint density at radius 3 is 2.23 bits per heavy atom. The zero-order valence-electron chi connectivity index (χ0n) is 18.5. The molecule has 31 heavy (non-hydrogen) atoms. The summed E-state index contributed by atoms with van der Waals surface area (Å²) >= 11 is 0. The van der Waals surface area contributed by atoms with Crippen LogP contribution in [0.1, 0.15) is 36.8 Å². The van der Waals surface area contributed by atoms with Gasteiger partial charge < -0.3 is 10.1 Å². The number of methoxy groups -OCH3 is 1. The molecule has 2 saturated carbocycles. The molecule has 3 unspecified atom stereocenters. The molecule has 164 valence electrons. The highest BCUT2D eigenvalue weighted by molar-refractivity contribution is 5.87. The number of fused-ring (bicyclic) bond motifs is 1. The molecule has 0 spiro atoms. The van der Waals surface area contributed by atoms with Gasteiger partial charge in [-0.2, -0.15) is 0 Å². The minimum atomic E-state index is -0.860. The third-order valence-corrected chi connectivity index (χ3v) is 7.99. The summed E-state index contributed by atoms with van der Waals surface area (Å²) in [6.45, 7) is 4.11. The molecule has 0 radical (unpaired) electrons. The van der Waals surface area contributed by atoms with Crippen molar-refractivity contribution in [3.63, 3.8) is 0 Å². The van der Waals surface area contributed by atoms with Crippen molar-refractivity contribution in [3.8, 4) is 0 Å². The lowest BCUT2D eigenvalue weighted by Gasteiger charge is -2.37. The topological polar surface area (TPSA) is 41.6 Å². The Morgan fingerprint density at radius 2 is 1.61 bits per heavy atom. The second-order valence-corrected chi connectivity index (χ2v) is 9.67. The lowest BCUT2D eigenvalue weighted by molar-refractivity contribution is -0.153. The van der Waals surface area contributed by atoms with Crippen LogP contribution in [-0.2, 0) is 21.7 Å². The molecule has 1 amide bonds. The number of carbonyl (C=O) groups excluding carboxylic acids is 1. The first kappa shape index (κ1) is 20.7. The second kappa shape index (κ2) is 8.76. The van der Waals surface area contributed by atoms with Gasteiger partial charge in [0.25, 0.3) is 5.91 Å². The van der Waals surface area contributed by atoms with Crippen LogP contribution in [-0.4, -0.2) is 37.6 Å². The molecule has 1 heterocycles. The monoisotopic (exact) mass is 418 g/mol. The van der Waals surface area contributed by atoms with Crippen LogP contribution >= 0.6 is 0 Å². The fraction of sp³-hybridized carbons (Fsp3) is 0.519. The summed E-state index contributed by atoms with van der Waals surface area (Å²) in [4.78, 5) is 16.2. The number of ether oxygens (including phenoxy) is 1. The van der Waals surface area contributed by atoms with Crippen molar-refractivity contribution in [2.45, 2.75) is 37.8 Å². The van der Waals surface area contributed by atoms with Gasteiger partial charge in [0.1, 0.15) is 0 Å². The number of amides is 1. The van der Waals surface area contributed by atoms with Gasteiger partial charge in [0.15, 0.2) is 5.60 Å². The minimum absolute atomic E-state index is 0.0548. The van der Waals surface area contributed by atoms with Gasteiger partial charge in [0, 0.05) is 39.2 Å². The Labute approximate surface area is 186 Å². The molecule has 4 nitrogen and oxygen atoms in total. The molecule has 0 bridgehead atoms. The lowest BCUT2D eigenvalue weighted by atomic mass is 9.79. The number of benzene rings is 2. The third kappa shape index (κ3) is 3.92. The average Bonchev–Trinajstić information content (AvgIpc) is 3.19. The molecule has 2 aliphatic carbocycles. The first-order valence-electron chi connectivity index (χ1n) is 11.9. The van der Waals surface area contributed by atoms with Crippen molar-refractivity contribution in [3.05, 3.63) is 71.8 Å². The molecule has 2 aromatic carbocycles. The third-order valence-electron chi connectivity index (χ3n) is 7.99. The van der Waals surface area contributed by atoms with Gasteiger partial charge in [0.2, 0.25) is 0 Å². The van der Waals surface area contributed by atoms with Crippen LogP contribution in [0.25, 0.3) is 0 Å². The molecule has 3 fully saturated rings. The van der Waals surface area contributed by atoms with Gasteiger partial charge in [-0.15, -0.1) is 0 Å². The highest BCUT2D eigenvalue weighted by atomic mass is 16.5. The average molecular weight is 419 g/mol. The molecule has 3 aliphatic rings. The first-order valence-corrected chi connectivity index (χ1v) is 11.9. The Hall–Kier alpha value is -2.17. The van der Waals surface area contributed by atoms with E-state index in [4.69, 9.17) is 4.74 Å². The molecule has 1 aliphatic heterocycles. The summed E-state index contributed by atoms with van der Waals surface area (Å²) in [6.07, 6.45) is 4.47. The maximum atomic E-state index is 13.6. The van der Waals surface area contributed by atoms with E-state index >= 15 is 0 Å². The van der Waals surface area contributed by atoms with Crippen molar-refractivity contribution in [2.75, 3.05) is 26.7 Å². The van der Waals surface area contributed by atoms with Crippen LogP contribution in [0, 0.1) is 23.7 Å². The normalized spacial score (nSPS) is 27.6. The van der Waals surface area contributed by atoms with Crippen LogP contribution in [0.15, 0.2) is 60.7 Å². The number of rotatable bonds is 8. The molecule has 4 heteroatoms. The van der Waals surface area contributed by atoms with Gasteiger partial charge in [-0.1, -0.05) is 73.5 Å². The highest BCUT2D eigenvalue weighted by Gasteiger charge is 2.56. The Kier molecular flexibility index (Phi) is 5.85. The van der Waals surface area contributed by atoms with Crippen molar-refractivity contribution in [2.24, 2.45) is 23.7 Å². The molecule has 5 rings (SSSR count). The zero-order chi connectivity index (χ0) is 21.3. The van der Waals surface area contributed by atoms with Crippen LogP contribution in [0.5, 0.6) is 0 Å². The fourth-order valence-corrected chi connectivity index (χ4v) is 6.30. The molecule has 1 N–H and O–H groups in total. The van der Waals surface area contributed by atoms with E-state index in [1.54, 1.807) is 7.11 Å². The van der Waals surface area contributed by atoms with Gasteiger partial charge in [-0.25, -0.2) is 0 Å². The van der Waals surface area contributed by atoms with E-state index in [0.717, 1.165) is 56.4 Å². The van der Waals surface area contributed by atoms with Gasteiger partial charge in [-0.05, 0) is 41.7 Å². The van der Waals surface area contributed by atoms with Gasteiger partial charge >= 0.3 is 0 Å². The number of nitrogens with zero attached hydrogens (tertiary/aromatic N) is 1. The predicted octanol–water partition coefficient (Wildman–Crippen LogP) is 4.21. The number of likely N-dealkylation sites (tertiary alicyclic amines) is 1. The van der Waals surface area contributed by atoms with E-state index < -0.39 is 5.60 Å². The number of nitrogens with one attached hydrogen (secondary N) is 1. The summed E-state index contributed by atoms with van der Waals surface area (Å²) in [5, 5.41) is 3.32. The summed E-state index contributed by atoms with van der Waals surface area (Å²) in [5.41, 5.74) is 1.52. The maximum absolute atomic E-state index is 13.6. The van der Waals surface area contributed by atoms with E-state index in [9.17, 15) is 4.79 Å². The van der Waals surface area contributed by atoms with Gasteiger partial charge in [-0.3, -0.25) is 9.69 Å². The number of piperidine rings is 1. The van der Waals surface area contributed by atoms with E-state index in [-0.39, 0.29) is 11.8 Å². The summed E-state index contributed by atoms with van der Waals surface area (Å²) in [7, 11) is 1.71. The number of hydrogen-bond acceptors (Lipinski definition) is 3. The molecule has 3 atom stereocenters. The minimum Gasteiger partial charge on any atom is -0.363 e. The predicted molar refractivity (Wildman–Crippen MR) is 122 cm³/mol. The molecular formula is C27H34N2O2. The lowest BCUT2D eigenvalue weighted by Crippen LogP contribution is -2.51.